The first-order valence-electron chi connectivity index (χ1n) is 10.4. The molecule has 0 radical (unpaired) electrons. The van der Waals surface area contributed by atoms with Gasteiger partial charge in [0.25, 0.3) is 0 Å². The van der Waals surface area contributed by atoms with Crippen molar-refractivity contribution in [2.24, 2.45) is 0 Å². The van der Waals surface area contributed by atoms with Gasteiger partial charge in [-0.1, -0.05) is 53.7 Å². The molecule has 2 aromatic carbocycles. The molecule has 156 valence electrons. The second kappa shape index (κ2) is 10.0. The second-order valence-corrected chi connectivity index (χ2v) is 7.51. The summed E-state index contributed by atoms with van der Waals surface area (Å²) in [5.74, 6) is 0.764. The van der Waals surface area contributed by atoms with E-state index in [0.29, 0.717) is 19.7 Å². The Morgan fingerprint density at radius 3 is 2.73 bits per heavy atom. The number of hydrogen-bond acceptors (Lipinski definition) is 5. The molecule has 0 saturated carbocycles. The lowest BCUT2D eigenvalue weighted by Crippen LogP contribution is -2.31. The summed E-state index contributed by atoms with van der Waals surface area (Å²) in [6, 6.07) is 18.6. The minimum Gasteiger partial charge on any atom is -0.491 e. The van der Waals surface area contributed by atoms with Crippen LogP contribution >= 0.6 is 0 Å². The normalized spacial score (nSPS) is 15.5. The van der Waals surface area contributed by atoms with Crippen molar-refractivity contribution in [1.82, 2.24) is 25.2 Å². The van der Waals surface area contributed by atoms with E-state index in [1.807, 2.05) is 30.5 Å². The fraction of sp³-hybridized carbons (Fsp3) is 0.348. The first-order valence-corrected chi connectivity index (χ1v) is 10.4. The maximum atomic E-state index is 12.1. The smallest absolute Gasteiger partial charge is 0.241 e. The molecule has 1 N–H and O–H groups in total. The van der Waals surface area contributed by atoms with Crippen LogP contribution in [0.25, 0.3) is 0 Å². The Bertz CT molecular complexity index is 957. The van der Waals surface area contributed by atoms with E-state index in [2.05, 4.69) is 50.9 Å². The number of nitrogens with zero attached hydrogens (tertiary/aromatic N) is 4. The number of para-hydroxylation sites is 1. The molecule has 0 atom stereocenters. The first-order chi connectivity index (χ1) is 14.8. The van der Waals surface area contributed by atoms with Crippen LogP contribution in [0.4, 0.5) is 0 Å². The summed E-state index contributed by atoms with van der Waals surface area (Å²) in [4.78, 5) is 14.4. The lowest BCUT2D eigenvalue weighted by molar-refractivity contribution is -0.121. The van der Waals surface area contributed by atoms with Crippen LogP contribution in [0.5, 0.6) is 5.75 Å². The lowest BCUT2D eigenvalue weighted by Gasteiger charge is -2.23. The average Bonchev–Trinajstić information content (AvgIpc) is 3.19. The van der Waals surface area contributed by atoms with Gasteiger partial charge in [-0.3, -0.25) is 9.69 Å². The number of benzene rings is 2. The molecule has 0 aliphatic carbocycles. The number of aryl methyl sites for hydroxylation is 1. The van der Waals surface area contributed by atoms with Gasteiger partial charge in [-0.25, -0.2) is 4.68 Å². The molecule has 4 rings (SSSR count). The van der Waals surface area contributed by atoms with Crippen LogP contribution in [0.15, 0.2) is 60.8 Å². The molecule has 0 saturated heterocycles. The molecule has 1 aliphatic rings. The van der Waals surface area contributed by atoms with Crippen LogP contribution in [0.3, 0.4) is 0 Å². The van der Waals surface area contributed by atoms with Crippen molar-refractivity contribution in [2.75, 3.05) is 19.7 Å². The van der Waals surface area contributed by atoms with Crippen LogP contribution in [0.2, 0.25) is 0 Å². The van der Waals surface area contributed by atoms with E-state index in [0.717, 1.165) is 42.9 Å². The van der Waals surface area contributed by atoms with Crippen LogP contribution in [-0.2, 0) is 30.8 Å². The predicted molar refractivity (Wildman–Crippen MR) is 114 cm³/mol. The maximum absolute atomic E-state index is 12.1. The number of amides is 1. The molecule has 7 heteroatoms. The Kier molecular flexibility index (Phi) is 6.72. The molecule has 1 amide bonds. The molecule has 0 fully saturated rings. The van der Waals surface area contributed by atoms with E-state index in [1.165, 1.54) is 5.56 Å². The topological polar surface area (TPSA) is 72.3 Å². The molecule has 7 nitrogen and oxygen atoms in total. The largest absolute Gasteiger partial charge is 0.491 e. The summed E-state index contributed by atoms with van der Waals surface area (Å²) < 4.78 is 7.55. The zero-order chi connectivity index (χ0) is 20.6. The third-order valence-electron chi connectivity index (χ3n) is 5.11. The maximum Gasteiger partial charge on any atom is 0.241 e. The number of aromatic nitrogens is 3. The third kappa shape index (κ3) is 5.67. The number of fused-ring (bicyclic) bond motifs is 3. The van der Waals surface area contributed by atoms with Crippen molar-refractivity contribution < 1.29 is 9.53 Å². The van der Waals surface area contributed by atoms with E-state index >= 15 is 0 Å². The summed E-state index contributed by atoms with van der Waals surface area (Å²) in [5, 5.41) is 11.2. The number of rotatable bonds is 4. The Morgan fingerprint density at radius 2 is 1.83 bits per heavy atom. The van der Waals surface area contributed by atoms with Gasteiger partial charge in [0.2, 0.25) is 5.91 Å². The molecule has 1 aliphatic heterocycles. The highest BCUT2D eigenvalue weighted by Gasteiger charge is 2.14. The number of nitrogens with one attached hydrogen (secondary N) is 1. The Morgan fingerprint density at radius 1 is 1.00 bits per heavy atom. The summed E-state index contributed by atoms with van der Waals surface area (Å²) in [5.41, 5.74) is 3.34. The predicted octanol–water partition coefficient (Wildman–Crippen LogP) is 2.42. The second-order valence-electron chi connectivity index (χ2n) is 7.51. The zero-order valence-electron chi connectivity index (χ0n) is 17.0. The fourth-order valence-electron chi connectivity index (χ4n) is 3.65. The van der Waals surface area contributed by atoms with Crippen molar-refractivity contribution in [3.05, 3.63) is 77.6 Å². The Balaban J connectivity index is 1.51. The molecular weight excluding hydrogens is 378 g/mol. The number of hydrogen-bond donors (Lipinski definition) is 1. The highest BCUT2D eigenvalue weighted by Crippen LogP contribution is 2.21. The van der Waals surface area contributed by atoms with Crippen molar-refractivity contribution in [3.8, 4) is 5.75 Å². The molecule has 1 aromatic heterocycles. The van der Waals surface area contributed by atoms with Gasteiger partial charge in [-0.2, -0.15) is 0 Å². The molecule has 0 spiro atoms. The minimum absolute atomic E-state index is 0.0971. The lowest BCUT2D eigenvalue weighted by atomic mass is 10.1. The third-order valence-corrected chi connectivity index (χ3v) is 5.11. The SMILES string of the molecule is O=C1Cn2cc(nn2)CN(CCCc2ccccc2)Cc2ccccc2OCCN1. The summed E-state index contributed by atoms with van der Waals surface area (Å²) in [6.45, 7) is 3.41. The van der Waals surface area contributed by atoms with Crippen LogP contribution < -0.4 is 10.1 Å². The van der Waals surface area contributed by atoms with E-state index in [-0.39, 0.29) is 12.5 Å². The van der Waals surface area contributed by atoms with Gasteiger partial charge < -0.3 is 10.1 Å². The van der Waals surface area contributed by atoms with Crippen molar-refractivity contribution in [3.63, 3.8) is 0 Å². The monoisotopic (exact) mass is 405 g/mol. The highest BCUT2D eigenvalue weighted by molar-refractivity contribution is 5.75. The van der Waals surface area contributed by atoms with Gasteiger partial charge in [0.05, 0.1) is 18.4 Å². The van der Waals surface area contributed by atoms with E-state index in [9.17, 15) is 4.79 Å². The average molecular weight is 406 g/mol. The van der Waals surface area contributed by atoms with E-state index in [4.69, 9.17) is 4.74 Å². The first kappa shape index (κ1) is 20.1. The van der Waals surface area contributed by atoms with Crippen LogP contribution in [-0.4, -0.2) is 45.5 Å². The van der Waals surface area contributed by atoms with Crippen LogP contribution in [0, 0.1) is 0 Å². The van der Waals surface area contributed by atoms with E-state index < -0.39 is 0 Å². The quantitative estimate of drug-likeness (QED) is 0.722. The number of carbonyl (C=O) groups is 1. The van der Waals surface area contributed by atoms with Gasteiger partial charge in [0.1, 0.15) is 18.9 Å². The van der Waals surface area contributed by atoms with Gasteiger partial charge in [-0.15, -0.1) is 5.10 Å². The summed E-state index contributed by atoms with van der Waals surface area (Å²) in [7, 11) is 0. The molecular formula is C23H27N5O2. The van der Waals surface area contributed by atoms with E-state index in [1.54, 1.807) is 4.68 Å². The fourth-order valence-corrected chi connectivity index (χ4v) is 3.65. The number of ether oxygens (including phenoxy) is 1. The number of carbonyl (C=O) groups excluding carboxylic acids is 1. The molecule has 2 bridgehead atoms. The van der Waals surface area contributed by atoms with Gasteiger partial charge in [0.15, 0.2) is 0 Å². The highest BCUT2D eigenvalue weighted by atomic mass is 16.5. The molecule has 0 unspecified atom stereocenters. The molecule has 30 heavy (non-hydrogen) atoms. The zero-order valence-corrected chi connectivity index (χ0v) is 17.0. The van der Waals surface area contributed by atoms with Crippen molar-refractivity contribution in [1.29, 1.82) is 0 Å². The van der Waals surface area contributed by atoms with Gasteiger partial charge >= 0.3 is 0 Å². The van der Waals surface area contributed by atoms with Crippen LogP contribution in [0.1, 0.15) is 23.2 Å². The standard InChI is InChI=1S/C23H27N5O2/c29-23-18-28-17-21(25-26-28)16-27(13-6-9-19-7-2-1-3-8-19)15-20-10-4-5-11-22(20)30-14-12-24-23/h1-5,7-8,10-11,17H,6,9,12-16,18H2,(H,24,29). The molecule has 2 heterocycles. The van der Waals surface area contributed by atoms with Crippen molar-refractivity contribution in [2.45, 2.75) is 32.5 Å². The Labute approximate surface area is 176 Å². The molecule has 3 aromatic rings. The summed E-state index contributed by atoms with van der Waals surface area (Å²) >= 11 is 0. The minimum atomic E-state index is -0.0971. The van der Waals surface area contributed by atoms with Gasteiger partial charge in [-0.05, 0) is 31.0 Å². The summed E-state index contributed by atoms with van der Waals surface area (Å²) in [6.07, 6.45) is 3.93. The van der Waals surface area contributed by atoms with Gasteiger partial charge in [0, 0.05) is 18.7 Å². The van der Waals surface area contributed by atoms with Crippen molar-refractivity contribution >= 4 is 5.91 Å². The Hall–Kier alpha value is -3.19.